The maximum Gasteiger partial charge on any atom is 0.416 e. The molecule has 1 unspecified atom stereocenters. The quantitative estimate of drug-likeness (QED) is 0.561. The van der Waals surface area contributed by atoms with Gasteiger partial charge in [0.2, 0.25) is 5.91 Å². The highest BCUT2D eigenvalue weighted by Crippen LogP contribution is 2.33. The third-order valence-corrected chi connectivity index (χ3v) is 5.34. The SMILES string of the molecule is COc1ccc(CN2CC(c3noc(-c4ccc(C(F)(F)F)cc4)n3)CC2=O)c(OC)c1. The van der Waals surface area contributed by atoms with Crippen molar-refractivity contribution < 1.29 is 32.0 Å². The van der Waals surface area contributed by atoms with Crippen molar-refractivity contribution in [3.63, 3.8) is 0 Å². The van der Waals surface area contributed by atoms with E-state index in [0.717, 1.165) is 17.7 Å². The number of hydrogen-bond acceptors (Lipinski definition) is 6. The molecule has 4 rings (SSSR count). The first-order valence-electron chi connectivity index (χ1n) is 9.78. The van der Waals surface area contributed by atoms with E-state index >= 15 is 0 Å². The van der Waals surface area contributed by atoms with Crippen molar-refractivity contribution in [2.75, 3.05) is 20.8 Å². The molecule has 0 aliphatic carbocycles. The second-order valence-electron chi connectivity index (χ2n) is 7.39. The van der Waals surface area contributed by atoms with E-state index in [1.165, 1.54) is 12.1 Å². The largest absolute Gasteiger partial charge is 0.497 e. The molecule has 2 heterocycles. The van der Waals surface area contributed by atoms with Crippen molar-refractivity contribution in [3.05, 3.63) is 59.4 Å². The number of carbonyl (C=O) groups excluding carboxylic acids is 1. The van der Waals surface area contributed by atoms with Gasteiger partial charge in [0.15, 0.2) is 5.82 Å². The van der Waals surface area contributed by atoms with Crippen LogP contribution in [0.15, 0.2) is 47.0 Å². The van der Waals surface area contributed by atoms with E-state index in [1.807, 2.05) is 6.07 Å². The normalized spacial score (nSPS) is 16.5. The summed E-state index contributed by atoms with van der Waals surface area (Å²) in [6, 6.07) is 9.87. The smallest absolute Gasteiger partial charge is 0.416 e. The van der Waals surface area contributed by atoms with Crippen LogP contribution >= 0.6 is 0 Å². The summed E-state index contributed by atoms with van der Waals surface area (Å²) in [4.78, 5) is 18.6. The van der Waals surface area contributed by atoms with Crippen LogP contribution < -0.4 is 9.47 Å². The fourth-order valence-corrected chi connectivity index (χ4v) is 3.61. The molecule has 0 saturated carbocycles. The number of likely N-dealkylation sites (tertiary alicyclic amines) is 1. The molecule has 1 fully saturated rings. The first-order valence-corrected chi connectivity index (χ1v) is 9.78. The second-order valence-corrected chi connectivity index (χ2v) is 7.39. The Balaban J connectivity index is 1.47. The monoisotopic (exact) mass is 447 g/mol. The number of nitrogens with zero attached hydrogens (tertiary/aromatic N) is 3. The lowest BCUT2D eigenvalue weighted by atomic mass is 10.1. The first kappa shape index (κ1) is 21.7. The molecule has 1 amide bonds. The van der Waals surface area contributed by atoms with Crippen molar-refractivity contribution >= 4 is 5.91 Å². The van der Waals surface area contributed by atoms with Crippen LogP contribution in [0.4, 0.5) is 13.2 Å². The molecule has 2 aromatic carbocycles. The lowest BCUT2D eigenvalue weighted by Crippen LogP contribution is -2.24. The van der Waals surface area contributed by atoms with Crippen LogP contribution in [0.25, 0.3) is 11.5 Å². The summed E-state index contributed by atoms with van der Waals surface area (Å²) in [6.45, 7) is 0.742. The van der Waals surface area contributed by atoms with Crippen molar-refractivity contribution in [2.24, 2.45) is 0 Å². The Morgan fingerprint density at radius 2 is 1.88 bits per heavy atom. The summed E-state index contributed by atoms with van der Waals surface area (Å²) >= 11 is 0. The van der Waals surface area contributed by atoms with Gasteiger partial charge in [0.1, 0.15) is 11.5 Å². The predicted octanol–water partition coefficient (Wildman–Crippen LogP) is 4.29. The summed E-state index contributed by atoms with van der Waals surface area (Å²) in [6.07, 6.45) is -4.21. The Morgan fingerprint density at radius 3 is 2.53 bits per heavy atom. The molecule has 3 aromatic rings. The maximum atomic E-state index is 12.7. The number of methoxy groups -OCH3 is 2. The van der Waals surface area contributed by atoms with Crippen molar-refractivity contribution in [3.8, 4) is 23.0 Å². The number of aromatic nitrogens is 2. The molecule has 1 aromatic heterocycles. The lowest BCUT2D eigenvalue weighted by Gasteiger charge is -2.18. The number of carbonyl (C=O) groups is 1. The molecule has 32 heavy (non-hydrogen) atoms. The number of rotatable bonds is 6. The molecule has 10 heteroatoms. The van der Waals surface area contributed by atoms with Gasteiger partial charge in [-0.1, -0.05) is 5.16 Å². The van der Waals surface area contributed by atoms with Gasteiger partial charge in [0, 0.05) is 42.6 Å². The van der Waals surface area contributed by atoms with Gasteiger partial charge in [-0.2, -0.15) is 18.2 Å². The minimum absolute atomic E-state index is 0.0613. The topological polar surface area (TPSA) is 77.7 Å². The Hall–Kier alpha value is -3.56. The molecule has 7 nitrogen and oxygen atoms in total. The van der Waals surface area contributed by atoms with Crippen LogP contribution in [0.1, 0.15) is 29.3 Å². The molecule has 1 aliphatic heterocycles. The number of amides is 1. The van der Waals surface area contributed by atoms with Crippen LogP contribution in [0.5, 0.6) is 11.5 Å². The molecule has 168 valence electrons. The summed E-state index contributed by atoms with van der Waals surface area (Å²) < 4.78 is 54.1. The van der Waals surface area contributed by atoms with E-state index in [4.69, 9.17) is 14.0 Å². The van der Waals surface area contributed by atoms with Crippen LogP contribution in [0, 0.1) is 0 Å². The molecule has 0 radical (unpaired) electrons. The van der Waals surface area contributed by atoms with Gasteiger partial charge in [0.05, 0.1) is 19.8 Å². The van der Waals surface area contributed by atoms with Crippen LogP contribution in [-0.4, -0.2) is 41.7 Å². The second kappa shape index (κ2) is 8.52. The average molecular weight is 447 g/mol. The van der Waals surface area contributed by atoms with Crippen molar-refractivity contribution in [1.29, 1.82) is 0 Å². The number of ether oxygens (including phenoxy) is 2. The van der Waals surface area contributed by atoms with E-state index in [9.17, 15) is 18.0 Å². The maximum absolute atomic E-state index is 12.7. The summed E-state index contributed by atoms with van der Waals surface area (Å²) in [5.74, 6) is 1.38. The van der Waals surface area contributed by atoms with Gasteiger partial charge in [-0.3, -0.25) is 4.79 Å². The molecular formula is C22H20F3N3O4. The Kier molecular flexibility index (Phi) is 5.77. The van der Waals surface area contributed by atoms with E-state index in [0.29, 0.717) is 36.0 Å². The van der Waals surface area contributed by atoms with Gasteiger partial charge in [-0.25, -0.2) is 0 Å². The van der Waals surface area contributed by atoms with Crippen LogP contribution in [0.2, 0.25) is 0 Å². The van der Waals surface area contributed by atoms with E-state index < -0.39 is 11.7 Å². The number of alkyl halides is 3. The minimum atomic E-state index is -4.42. The number of hydrogen-bond donors (Lipinski definition) is 0. The summed E-state index contributed by atoms with van der Waals surface area (Å²) in [5, 5.41) is 3.95. The van der Waals surface area contributed by atoms with Gasteiger partial charge in [-0.05, 0) is 36.4 Å². The molecule has 1 saturated heterocycles. The van der Waals surface area contributed by atoms with Gasteiger partial charge in [-0.15, -0.1) is 0 Å². The molecule has 1 atom stereocenters. The summed E-state index contributed by atoms with van der Waals surface area (Å²) in [7, 11) is 3.11. The van der Waals surface area contributed by atoms with E-state index in [1.54, 1.807) is 31.3 Å². The Bertz CT molecular complexity index is 1110. The average Bonchev–Trinajstić information content (AvgIpc) is 3.41. The van der Waals surface area contributed by atoms with Gasteiger partial charge in [0.25, 0.3) is 5.89 Å². The number of halogens is 3. The molecule has 0 spiro atoms. The lowest BCUT2D eigenvalue weighted by molar-refractivity contribution is -0.137. The third-order valence-electron chi connectivity index (χ3n) is 5.34. The molecule has 0 bridgehead atoms. The predicted molar refractivity (Wildman–Crippen MR) is 107 cm³/mol. The zero-order valence-corrected chi connectivity index (χ0v) is 17.3. The first-order chi connectivity index (χ1) is 15.3. The molecule has 0 N–H and O–H groups in total. The van der Waals surface area contributed by atoms with Gasteiger partial charge < -0.3 is 18.9 Å². The highest BCUT2D eigenvalue weighted by atomic mass is 19.4. The molecule has 1 aliphatic rings. The number of benzene rings is 2. The van der Waals surface area contributed by atoms with Gasteiger partial charge >= 0.3 is 6.18 Å². The van der Waals surface area contributed by atoms with Crippen LogP contribution in [-0.2, 0) is 17.5 Å². The van der Waals surface area contributed by atoms with E-state index in [-0.39, 0.29) is 24.1 Å². The van der Waals surface area contributed by atoms with Crippen molar-refractivity contribution in [1.82, 2.24) is 15.0 Å². The minimum Gasteiger partial charge on any atom is -0.497 e. The van der Waals surface area contributed by atoms with Crippen LogP contribution in [0.3, 0.4) is 0 Å². The molecular weight excluding hydrogens is 427 g/mol. The Morgan fingerprint density at radius 1 is 1.12 bits per heavy atom. The standard InChI is InChI=1S/C22H20F3N3O4/c1-30-17-8-5-14(18(10-17)31-2)11-28-12-15(9-19(28)29)20-26-21(32-27-20)13-3-6-16(7-4-13)22(23,24)25/h3-8,10,15H,9,11-12H2,1-2H3. The fraction of sp³-hybridized carbons (Fsp3) is 0.318. The zero-order chi connectivity index (χ0) is 22.9. The third kappa shape index (κ3) is 4.39. The van der Waals surface area contributed by atoms with E-state index in [2.05, 4.69) is 10.1 Å². The Labute approximate surface area is 181 Å². The summed E-state index contributed by atoms with van der Waals surface area (Å²) in [5.41, 5.74) is 0.453. The van der Waals surface area contributed by atoms with Crippen molar-refractivity contribution in [2.45, 2.75) is 25.1 Å². The fourth-order valence-electron chi connectivity index (χ4n) is 3.61. The highest BCUT2D eigenvalue weighted by molar-refractivity contribution is 5.79. The zero-order valence-electron chi connectivity index (χ0n) is 17.3. The highest BCUT2D eigenvalue weighted by Gasteiger charge is 2.34.